The minimum Gasteiger partial charge on any atom is -0.489 e. The molecule has 0 heterocycles. The number of nitrogens with one attached hydrogen (secondary N) is 1. The molecule has 0 fully saturated rings. The molecule has 0 spiro atoms. The Kier molecular flexibility index (Phi) is 9.45. The van der Waals surface area contributed by atoms with E-state index in [1.165, 1.54) is 0 Å². The fourth-order valence-electron chi connectivity index (χ4n) is 1.46. The molecule has 0 aromatic heterocycles. The fraction of sp³-hybridized carbons (Fsp3) is 0.500. The fourth-order valence-corrected chi connectivity index (χ4v) is 1.81. The van der Waals surface area contributed by atoms with Gasteiger partial charge >= 0.3 is 0 Å². The van der Waals surface area contributed by atoms with Crippen LogP contribution in [0.4, 0.5) is 0 Å². The molecule has 1 unspecified atom stereocenters. The monoisotopic (exact) mass is 461 g/mol. The number of aliphatic hydroxyl groups excluding tert-OH is 1. The number of nitrogens with two attached hydrogens (primary N) is 1. The molecule has 0 radical (unpaired) electrons. The van der Waals surface area contributed by atoms with Crippen LogP contribution in [-0.4, -0.2) is 35.9 Å². The van der Waals surface area contributed by atoms with Crippen LogP contribution in [0.2, 0.25) is 10.0 Å². The van der Waals surface area contributed by atoms with Crippen molar-refractivity contribution in [2.24, 2.45) is 10.7 Å². The third-order valence-corrected chi connectivity index (χ3v) is 3.12. The van der Waals surface area contributed by atoms with Gasteiger partial charge in [-0.25, -0.2) is 0 Å². The van der Waals surface area contributed by atoms with Crippen LogP contribution in [-0.2, 0) is 0 Å². The second kappa shape index (κ2) is 9.64. The van der Waals surface area contributed by atoms with Gasteiger partial charge in [-0.3, -0.25) is 4.99 Å². The molecular formula is C14H22Cl2IN3O2. The molecule has 1 aromatic carbocycles. The van der Waals surface area contributed by atoms with E-state index in [1.807, 2.05) is 20.8 Å². The van der Waals surface area contributed by atoms with Crippen LogP contribution in [0.3, 0.4) is 0 Å². The Hall–Kier alpha value is -0.440. The van der Waals surface area contributed by atoms with Gasteiger partial charge in [0.2, 0.25) is 0 Å². The second-order valence-electron chi connectivity index (χ2n) is 5.62. The first-order chi connectivity index (χ1) is 9.69. The molecule has 1 aromatic rings. The van der Waals surface area contributed by atoms with Crippen LogP contribution in [0.5, 0.6) is 5.75 Å². The van der Waals surface area contributed by atoms with Crippen LogP contribution >= 0.6 is 47.2 Å². The van der Waals surface area contributed by atoms with Gasteiger partial charge in [-0.2, -0.15) is 0 Å². The van der Waals surface area contributed by atoms with E-state index in [9.17, 15) is 5.11 Å². The molecule has 1 atom stereocenters. The first-order valence-corrected chi connectivity index (χ1v) is 7.27. The highest BCUT2D eigenvalue weighted by Gasteiger charge is 2.12. The van der Waals surface area contributed by atoms with E-state index in [0.717, 1.165) is 0 Å². The first-order valence-electron chi connectivity index (χ1n) is 6.52. The van der Waals surface area contributed by atoms with Gasteiger partial charge in [-0.15, -0.1) is 24.0 Å². The highest BCUT2D eigenvalue weighted by Crippen LogP contribution is 2.31. The standard InChI is InChI=1S/C14H21Cl2N3O2.HI/c1-14(2,3)19-13(17)18-7-9(20)8-21-11-6-4-5-10(15)12(11)16;/h4-6,9,20H,7-8H2,1-3H3,(H3,17,18,19);1H. The topological polar surface area (TPSA) is 79.9 Å². The van der Waals surface area contributed by atoms with Gasteiger partial charge in [-0.1, -0.05) is 29.3 Å². The van der Waals surface area contributed by atoms with Gasteiger partial charge in [0.05, 0.1) is 11.6 Å². The van der Waals surface area contributed by atoms with Crippen molar-refractivity contribution in [2.45, 2.75) is 32.4 Å². The molecule has 4 N–H and O–H groups in total. The Morgan fingerprint density at radius 2 is 2.05 bits per heavy atom. The number of hydrogen-bond acceptors (Lipinski definition) is 3. The Labute approximate surface area is 158 Å². The van der Waals surface area contributed by atoms with Crippen molar-refractivity contribution in [3.63, 3.8) is 0 Å². The number of guanidine groups is 1. The molecule has 0 bridgehead atoms. The summed E-state index contributed by atoms with van der Waals surface area (Å²) in [5.74, 6) is 0.704. The summed E-state index contributed by atoms with van der Waals surface area (Å²) in [4.78, 5) is 4.06. The lowest BCUT2D eigenvalue weighted by molar-refractivity contribution is 0.114. The maximum atomic E-state index is 9.83. The normalized spacial score (nSPS) is 13.3. The molecule has 22 heavy (non-hydrogen) atoms. The third-order valence-electron chi connectivity index (χ3n) is 2.32. The largest absolute Gasteiger partial charge is 0.489 e. The van der Waals surface area contributed by atoms with Gasteiger partial charge in [0.1, 0.15) is 23.5 Å². The number of benzene rings is 1. The van der Waals surface area contributed by atoms with Crippen molar-refractivity contribution < 1.29 is 9.84 Å². The highest BCUT2D eigenvalue weighted by molar-refractivity contribution is 14.0. The summed E-state index contributed by atoms with van der Waals surface area (Å²) in [6.45, 7) is 6.08. The summed E-state index contributed by atoms with van der Waals surface area (Å²) in [7, 11) is 0. The van der Waals surface area contributed by atoms with Crippen LogP contribution < -0.4 is 15.8 Å². The number of halogens is 3. The van der Waals surface area contributed by atoms with Crippen molar-refractivity contribution in [3.8, 4) is 5.75 Å². The Morgan fingerprint density at radius 1 is 1.41 bits per heavy atom. The Bertz CT molecular complexity index is 507. The van der Waals surface area contributed by atoms with Crippen LogP contribution in [0.15, 0.2) is 23.2 Å². The molecule has 126 valence electrons. The highest BCUT2D eigenvalue weighted by atomic mass is 127. The van der Waals surface area contributed by atoms with E-state index < -0.39 is 6.10 Å². The molecular weight excluding hydrogens is 440 g/mol. The van der Waals surface area contributed by atoms with E-state index >= 15 is 0 Å². The smallest absolute Gasteiger partial charge is 0.189 e. The van der Waals surface area contributed by atoms with Crippen molar-refractivity contribution in [2.75, 3.05) is 13.2 Å². The zero-order valence-electron chi connectivity index (χ0n) is 12.8. The molecule has 0 saturated heterocycles. The van der Waals surface area contributed by atoms with E-state index in [0.29, 0.717) is 15.8 Å². The predicted octanol–water partition coefficient (Wildman–Crippen LogP) is 3.05. The average Bonchev–Trinajstić information content (AvgIpc) is 2.36. The SMILES string of the molecule is CC(C)(C)NC(N)=NCC(O)COc1cccc(Cl)c1Cl.I. The molecule has 0 aliphatic carbocycles. The second-order valence-corrected chi connectivity index (χ2v) is 6.40. The molecule has 8 heteroatoms. The molecule has 0 aliphatic heterocycles. The zero-order valence-corrected chi connectivity index (χ0v) is 16.6. The molecule has 5 nitrogen and oxygen atoms in total. The minimum absolute atomic E-state index is 0. The van der Waals surface area contributed by atoms with Crippen LogP contribution in [0.25, 0.3) is 0 Å². The number of aliphatic hydroxyl groups is 1. The molecule has 0 amide bonds. The third kappa shape index (κ3) is 8.26. The maximum Gasteiger partial charge on any atom is 0.189 e. The number of rotatable bonds is 5. The summed E-state index contributed by atoms with van der Waals surface area (Å²) < 4.78 is 5.42. The van der Waals surface area contributed by atoms with Crippen LogP contribution in [0.1, 0.15) is 20.8 Å². The van der Waals surface area contributed by atoms with E-state index in [2.05, 4.69) is 10.3 Å². The van der Waals surface area contributed by atoms with Gasteiger partial charge in [0, 0.05) is 5.54 Å². The van der Waals surface area contributed by atoms with Crippen molar-refractivity contribution in [1.82, 2.24) is 5.32 Å². The van der Waals surface area contributed by atoms with Crippen molar-refractivity contribution in [1.29, 1.82) is 0 Å². The Balaban J connectivity index is 0.00000441. The number of aliphatic imine (C=N–C) groups is 1. The van der Waals surface area contributed by atoms with E-state index in [-0.39, 0.29) is 48.6 Å². The van der Waals surface area contributed by atoms with Gasteiger partial charge in [-0.05, 0) is 32.9 Å². The molecule has 0 saturated carbocycles. The zero-order chi connectivity index (χ0) is 16.0. The van der Waals surface area contributed by atoms with Gasteiger partial charge < -0.3 is 20.9 Å². The lowest BCUT2D eigenvalue weighted by Gasteiger charge is -2.21. The average molecular weight is 462 g/mol. The summed E-state index contributed by atoms with van der Waals surface area (Å²) in [5.41, 5.74) is 5.53. The van der Waals surface area contributed by atoms with Gasteiger partial charge in [0.25, 0.3) is 0 Å². The number of nitrogens with zero attached hydrogens (tertiary/aromatic N) is 1. The molecule has 0 aliphatic rings. The lowest BCUT2D eigenvalue weighted by Crippen LogP contribution is -2.45. The maximum absolute atomic E-state index is 9.83. The Morgan fingerprint density at radius 3 is 2.64 bits per heavy atom. The van der Waals surface area contributed by atoms with Crippen molar-refractivity contribution >= 4 is 53.1 Å². The quantitative estimate of drug-likeness (QED) is 0.357. The first kappa shape index (κ1) is 21.6. The summed E-state index contributed by atoms with van der Waals surface area (Å²) in [6.07, 6.45) is -0.791. The van der Waals surface area contributed by atoms with E-state index in [1.54, 1.807) is 18.2 Å². The van der Waals surface area contributed by atoms with Crippen LogP contribution in [0, 0.1) is 0 Å². The van der Waals surface area contributed by atoms with E-state index in [4.69, 9.17) is 33.7 Å². The summed E-state index contributed by atoms with van der Waals surface area (Å²) in [5, 5.41) is 13.6. The summed E-state index contributed by atoms with van der Waals surface area (Å²) >= 11 is 11.9. The number of hydrogen-bond donors (Lipinski definition) is 3. The summed E-state index contributed by atoms with van der Waals surface area (Å²) in [6, 6.07) is 5.06. The van der Waals surface area contributed by atoms with Gasteiger partial charge in [0.15, 0.2) is 5.96 Å². The minimum atomic E-state index is -0.791. The predicted molar refractivity (Wildman–Crippen MR) is 103 cm³/mol. The molecule has 1 rings (SSSR count). The number of ether oxygens (including phenoxy) is 1. The van der Waals surface area contributed by atoms with Crippen molar-refractivity contribution in [3.05, 3.63) is 28.2 Å². The lowest BCUT2D eigenvalue weighted by atomic mass is 10.1.